The fourth-order valence-electron chi connectivity index (χ4n) is 2.44. The highest BCUT2D eigenvalue weighted by atomic mass is 16.5. The Kier molecular flexibility index (Phi) is 5.10. The first kappa shape index (κ1) is 14.9. The molecule has 1 amide bonds. The molecule has 1 fully saturated rings. The molecule has 2 atom stereocenters. The summed E-state index contributed by atoms with van der Waals surface area (Å²) in [5.41, 5.74) is 5.35. The molecule has 1 saturated carbocycles. The van der Waals surface area contributed by atoms with Crippen LogP contribution < -0.4 is 5.73 Å². The standard InChI is InChI=1S/C12H22N2O4/c1-12(5-3-4-9(12)13)11(17)14(6-7-18-2)8-10(15)16/h9H,3-8,13H2,1-2H3,(H,15,16). The summed E-state index contributed by atoms with van der Waals surface area (Å²) in [4.78, 5) is 24.6. The number of aliphatic carboxylic acids is 1. The number of carbonyl (C=O) groups is 2. The van der Waals surface area contributed by atoms with Gasteiger partial charge in [-0.25, -0.2) is 0 Å². The van der Waals surface area contributed by atoms with E-state index in [-0.39, 0.29) is 25.0 Å². The molecule has 18 heavy (non-hydrogen) atoms. The zero-order valence-corrected chi connectivity index (χ0v) is 11.0. The van der Waals surface area contributed by atoms with Gasteiger partial charge in [0.2, 0.25) is 5.91 Å². The van der Waals surface area contributed by atoms with E-state index in [1.807, 2.05) is 6.92 Å². The van der Waals surface area contributed by atoms with Gasteiger partial charge in [-0.15, -0.1) is 0 Å². The third kappa shape index (κ3) is 3.20. The zero-order chi connectivity index (χ0) is 13.8. The van der Waals surface area contributed by atoms with E-state index < -0.39 is 11.4 Å². The Morgan fingerprint density at radius 1 is 1.56 bits per heavy atom. The lowest BCUT2D eigenvalue weighted by Crippen LogP contribution is -2.51. The molecule has 0 heterocycles. The van der Waals surface area contributed by atoms with E-state index in [2.05, 4.69) is 0 Å². The minimum absolute atomic E-state index is 0.174. The van der Waals surface area contributed by atoms with Gasteiger partial charge in [-0.05, 0) is 19.8 Å². The molecule has 0 bridgehead atoms. The number of nitrogens with zero attached hydrogens (tertiary/aromatic N) is 1. The number of rotatable bonds is 6. The second kappa shape index (κ2) is 6.15. The summed E-state index contributed by atoms with van der Waals surface area (Å²) < 4.78 is 4.91. The molecule has 0 aliphatic heterocycles. The van der Waals surface area contributed by atoms with Gasteiger partial charge in [0.05, 0.1) is 12.0 Å². The molecule has 3 N–H and O–H groups in total. The number of nitrogens with two attached hydrogens (primary N) is 1. The van der Waals surface area contributed by atoms with Gasteiger partial charge in [-0.1, -0.05) is 6.42 Å². The first-order chi connectivity index (χ1) is 8.41. The second-order valence-electron chi connectivity index (χ2n) is 5.03. The lowest BCUT2D eigenvalue weighted by Gasteiger charge is -2.33. The Hall–Kier alpha value is -1.14. The molecule has 0 saturated heterocycles. The van der Waals surface area contributed by atoms with E-state index in [1.165, 1.54) is 12.0 Å². The number of methoxy groups -OCH3 is 1. The maximum Gasteiger partial charge on any atom is 0.323 e. The number of hydrogen-bond donors (Lipinski definition) is 2. The Bertz CT molecular complexity index is 321. The first-order valence-electron chi connectivity index (χ1n) is 6.17. The van der Waals surface area contributed by atoms with Gasteiger partial charge in [0, 0.05) is 19.7 Å². The molecule has 1 aliphatic rings. The summed E-state index contributed by atoms with van der Waals surface area (Å²) in [6, 6.07) is -0.191. The highest BCUT2D eigenvalue weighted by Crippen LogP contribution is 2.38. The molecule has 0 radical (unpaired) electrons. The Morgan fingerprint density at radius 2 is 2.22 bits per heavy atom. The van der Waals surface area contributed by atoms with Crippen LogP contribution >= 0.6 is 0 Å². The van der Waals surface area contributed by atoms with E-state index >= 15 is 0 Å². The van der Waals surface area contributed by atoms with E-state index in [9.17, 15) is 9.59 Å². The molecule has 1 rings (SSSR count). The predicted octanol–water partition coefficient (Wildman–Crippen LogP) is 0.0635. The van der Waals surface area contributed by atoms with Crippen molar-refractivity contribution in [1.29, 1.82) is 0 Å². The van der Waals surface area contributed by atoms with E-state index in [0.29, 0.717) is 6.61 Å². The number of carboxylic acids is 1. The van der Waals surface area contributed by atoms with E-state index in [0.717, 1.165) is 19.3 Å². The van der Waals surface area contributed by atoms with Crippen LogP contribution in [0.15, 0.2) is 0 Å². The molecule has 0 aromatic carbocycles. The monoisotopic (exact) mass is 258 g/mol. The maximum atomic E-state index is 12.4. The largest absolute Gasteiger partial charge is 0.480 e. The third-order valence-electron chi connectivity index (χ3n) is 3.70. The van der Waals surface area contributed by atoms with Crippen molar-refractivity contribution in [3.8, 4) is 0 Å². The fraction of sp³-hybridized carbons (Fsp3) is 0.833. The van der Waals surface area contributed by atoms with Crippen molar-refractivity contribution < 1.29 is 19.4 Å². The number of carboxylic acid groups (broad SMARTS) is 1. The van der Waals surface area contributed by atoms with Crippen molar-refractivity contribution >= 4 is 11.9 Å². The third-order valence-corrected chi connectivity index (χ3v) is 3.70. The molecule has 0 aromatic rings. The van der Waals surface area contributed by atoms with Crippen LogP contribution in [0.5, 0.6) is 0 Å². The number of ether oxygens (including phenoxy) is 1. The molecule has 1 aliphatic carbocycles. The Morgan fingerprint density at radius 3 is 2.67 bits per heavy atom. The van der Waals surface area contributed by atoms with Gasteiger partial charge < -0.3 is 20.5 Å². The van der Waals surface area contributed by atoms with Crippen molar-refractivity contribution in [3.63, 3.8) is 0 Å². The molecule has 104 valence electrons. The van der Waals surface area contributed by atoms with Crippen LogP contribution in [-0.2, 0) is 14.3 Å². The molecule has 0 aromatic heterocycles. The molecule has 6 nitrogen and oxygen atoms in total. The van der Waals surface area contributed by atoms with Crippen LogP contribution in [0.4, 0.5) is 0 Å². The summed E-state index contributed by atoms with van der Waals surface area (Å²) in [6.07, 6.45) is 2.44. The van der Waals surface area contributed by atoms with Crippen LogP contribution in [0, 0.1) is 5.41 Å². The molecule has 0 spiro atoms. The average molecular weight is 258 g/mol. The SMILES string of the molecule is COCCN(CC(=O)O)C(=O)C1(C)CCCC1N. The Balaban J connectivity index is 2.77. The molecule has 6 heteroatoms. The number of amides is 1. The summed E-state index contributed by atoms with van der Waals surface area (Å²) in [5.74, 6) is -1.19. The second-order valence-corrected chi connectivity index (χ2v) is 5.03. The summed E-state index contributed by atoms with van der Waals surface area (Å²) in [7, 11) is 1.52. The van der Waals surface area contributed by atoms with E-state index in [4.69, 9.17) is 15.6 Å². The fourth-order valence-corrected chi connectivity index (χ4v) is 2.44. The number of carbonyl (C=O) groups excluding carboxylic acids is 1. The maximum absolute atomic E-state index is 12.4. The predicted molar refractivity (Wildman–Crippen MR) is 66.0 cm³/mol. The summed E-state index contributed by atoms with van der Waals surface area (Å²) in [5, 5.41) is 8.86. The van der Waals surface area contributed by atoms with Crippen LogP contribution in [0.2, 0.25) is 0 Å². The summed E-state index contributed by atoms with van der Waals surface area (Å²) in [6.45, 7) is 2.13. The van der Waals surface area contributed by atoms with Gasteiger partial charge in [0.1, 0.15) is 6.54 Å². The topological polar surface area (TPSA) is 92.9 Å². The van der Waals surface area contributed by atoms with Crippen LogP contribution in [-0.4, -0.2) is 54.7 Å². The molecule has 2 unspecified atom stereocenters. The van der Waals surface area contributed by atoms with Gasteiger partial charge in [-0.2, -0.15) is 0 Å². The minimum Gasteiger partial charge on any atom is -0.480 e. The highest BCUT2D eigenvalue weighted by Gasteiger charge is 2.45. The smallest absolute Gasteiger partial charge is 0.323 e. The first-order valence-corrected chi connectivity index (χ1v) is 6.17. The molecular formula is C12H22N2O4. The van der Waals surface area contributed by atoms with Crippen LogP contribution in [0.1, 0.15) is 26.2 Å². The lowest BCUT2D eigenvalue weighted by molar-refractivity contribution is -0.150. The van der Waals surface area contributed by atoms with Crippen LogP contribution in [0.3, 0.4) is 0 Å². The quantitative estimate of drug-likeness (QED) is 0.703. The average Bonchev–Trinajstić information content (AvgIpc) is 2.65. The van der Waals surface area contributed by atoms with Gasteiger partial charge in [-0.3, -0.25) is 9.59 Å². The normalized spacial score (nSPS) is 27.2. The van der Waals surface area contributed by atoms with Crippen molar-refractivity contribution in [2.24, 2.45) is 11.1 Å². The molecular weight excluding hydrogens is 236 g/mol. The summed E-state index contributed by atoms with van der Waals surface area (Å²) >= 11 is 0. The zero-order valence-electron chi connectivity index (χ0n) is 11.0. The van der Waals surface area contributed by atoms with Crippen molar-refractivity contribution in [1.82, 2.24) is 4.90 Å². The van der Waals surface area contributed by atoms with Gasteiger partial charge >= 0.3 is 5.97 Å². The van der Waals surface area contributed by atoms with Gasteiger partial charge in [0.25, 0.3) is 0 Å². The van der Waals surface area contributed by atoms with Crippen molar-refractivity contribution in [2.75, 3.05) is 26.8 Å². The Labute approximate surface area is 107 Å². The van der Waals surface area contributed by atoms with E-state index in [1.54, 1.807) is 0 Å². The van der Waals surface area contributed by atoms with Gasteiger partial charge in [0.15, 0.2) is 0 Å². The highest BCUT2D eigenvalue weighted by molar-refractivity contribution is 5.86. The number of hydrogen-bond acceptors (Lipinski definition) is 4. The van der Waals surface area contributed by atoms with Crippen molar-refractivity contribution in [3.05, 3.63) is 0 Å². The minimum atomic E-state index is -1.02. The van der Waals surface area contributed by atoms with Crippen molar-refractivity contribution in [2.45, 2.75) is 32.2 Å². The van der Waals surface area contributed by atoms with Crippen LogP contribution in [0.25, 0.3) is 0 Å². The lowest BCUT2D eigenvalue weighted by atomic mass is 9.83.